The zero-order chi connectivity index (χ0) is 10.8. The molecule has 0 aromatic carbocycles. The third-order valence-corrected chi connectivity index (χ3v) is 2.27. The van der Waals surface area contributed by atoms with Crippen molar-refractivity contribution >= 4 is 5.97 Å². The van der Waals surface area contributed by atoms with Gasteiger partial charge in [0.1, 0.15) is 0 Å². The van der Waals surface area contributed by atoms with E-state index >= 15 is 0 Å². The quantitative estimate of drug-likeness (QED) is 0.667. The number of halogens is 2. The van der Waals surface area contributed by atoms with Gasteiger partial charge in [-0.2, -0.15) is 8.78 Å². The van der Waals surface area contributed by atoms with Gasteiger partial charge in [0.25, 0.3) is 0 Å². The highest BCUT2D eigenvalue weighted by molar-refractivity contribution is 5.75. The Bertz CT molecular complexity index is 229. The maximum absolute atomic E-state index is 12.6. The highest BCUT2D eigenvalue weighted by atomic mass is 19.3. The van der Waals surface area contributed by atoms with E-state index in [0.29, 0.717) is 6.61 Å². The zero-order valence-corrected chi connectivity index (χ0v) is 7.85. The molecule has 0 aromatic heterocycles. The number of rotatable bonds is 6. The van der Waals surface area contributed by atoms with Crippen LogP contribution in [0, 0.1) is 0 Å². The molecule has 0 unspecified atom stereocenters. The molecule has 0 radical (unpaired) electrons. The van der Waals surface area contributed by atoms with Gasteiger partial charge in [0.05, 0.1) is 13.2 Å². The molecule has 82 valence electrons. The molecule has 1 saturated carbocycles. The first-order valence-electron chi connectivity index (χ1n) is 4.27. The number of methoxy groups -OCH3 is 1. The summed E-state index contributed by atoms with van der Waals surface area (Å²) in [6.45, 7) is -0.506. The molecule has 0 atom stereocenters. The van der Waals surface area contributed by atoms with Crippen LogP contribution < -0.4 is 5.32 Å². The number of carboxylic acid groups (broad SMARTS) is 1. The van der Waals surface area contributed by atoms with Crippen LogP contribution in [0.3, 0.4) is 0 Å². The lowest BCUT2D eigenvalue weighted by Gasteiger charge is -2.19. The molecule has 6 heteroatoms. The Morgan fingerprint density at radius 1 is 1.64 bits per heavy atom. The standard InChI is InChI=1S/C8H13F2NO3/c1-14-5-7(2-3-7)11-4-8(9,10)6(12)13/h11H,2-5H2,1H3,(H,12,13). The van der Waals surface area contributed by atoms with Crippen molar-refractivity contribution in [3.8, 4) is 0 Å². The molecule has 0 aromatic rings. The van der Waals surface area contributed by atoms with Crippen LogP contribution in [0.5, 0.6) is 0 Å². The van der Waals surface area contributed by atoms with Crippen molar-refractivity contribution in [1.82, 2.24) is 5.32 Å². The van der Waals surface area contributed by atoms with Crippen LogP contribution in [0.2, 0.25) is 0 Å². The Morgan fingerprint density at radius 3 is 2.57 bits per heavy atom. The van der Waals surface area contributed by atoms with Crippen molar-refractivity contribution in [2.24, 2.45) is 0 Å². The molecule has 0 spiro atoms. The number of hydrogen-bond donors (Lipinski definition) is 2. The molecule has 0 aliphatic heterocycles. The van der Waals surface area contributed by atoms with Crippen molar-refractivity contribution < 1.29 is 23.4 Å². The molecule has 1 aliphatic rings. The summed E-state index contributed by atoms with van der Waals surface area (Å²) in [7, 11) is 1.48. The summed E-state index contributed by atoms with van der Waals surface area (Å²) in [4.78, 5) is 10.1. The summed E-state index contributed by atoms with van der Waals surface area (Å²) in [6, 6.07) is 0. The summed E-state index contributed by atoms with van der Waals surface area (Å²) in [5.41, 5.74) is -0.423. The third-order valence-electron chi connectivity index (χ3n) is 2.27. The summed E-state index contributed by atoms with van der Waals surface area (Å²) in [6.07, 6.45) is 1.49. The van der Waals surface area contributed by atoms with Crippen LogP contribution in [0.25, 0.3) is 0 Å². The number of hydrogen-bond acceptors (Lipinski definition) is 3. The number of aliphatic carboxylic acids is 1. The average Bonchev–Trinajstić information content (AvgIpc) is 2.83. The topological polar surface area (TPSA) is 58.6 Å². The second-order valence-electron chi connectivity index (χ2n) is 3.58. The predicted octanol–water partition coefficient (Wildman–Crippen LogP) is 0.475. The second kappa shape index (κ2) is 3.78. The number of alkyl halides is 2. The van der Waals surface area contributed by atoms with Gasteiger partial charge in [-0.1, -0.05) is 0 Å². The zero-order valence-electron chi connectivity index (χ0n) is 7.85. The first-order valence-corrected chi connectivity index (χ1v) is 4.27. The van der Waals surface area contributed by atoms with Crippen molar-refractivity contribution in [2.75, 3.05) is 20.3 Å². The molecule has 0 amide bonds. The molecule has 0 saturated heterocycles. The van der Waals surface area contributed by atoms with E-state index in [9.17, 15) is 13.6 Å². The summed E-state index contributed by atoms with van der Waals surface area (Å²) in [5.74, 6) is -5.80. The van der Waals surface area contributed by atoms with E-state index in [-0.39, 0.29) is 0 Å². The van der Waals surface area contributed by atoms with E-state index in [1.807, 2.05) is 0 Å². The van der Waals surface area contributed by atoms with Gasteiger partial charge in [-0.15, -0.1) is 0 Å². The molecule has 0 heterocycles. The molecule has 1 rings (SSSR count). The first kappa shape index (κ1) is 11.3. The van der Waals surface area contributed by atoms with Gasteiger partial charge in [-0.3, -0.25) is 0 Å². The largest absolute Gasteiger partial charge is 0.477 e. The number of ether oxygens (including phenoxy) is 1. The second-order valence-corrected chi connectivity index (χ2v) is 3.58. The number of nitrogens with one attached hydrogen (secondary N) is 1. The average molecular weight is 209 g/mol. The van der Waals surface area contributed by atoms with Crippen LogP contribution >= 0.6 is 0 Å². The van der Waals surface area contributed by atoms with Crippen LogP contribution in [-0.2, 0) is 9.53 Å². The van der Waals surface area contributed by atoms with Gasteiger partial charge in [0, 0.05) is 12.6 Å². The maximum atomic E-state index is 12.6. The van der Waals surface area contributed by atoms with Crippen LogP contribution in [-0.4, -0.2) is 42.8 Å². The van der Waals surface area contributed by atoms with E-state index in [1.54, 1.807) is 0 Å². The predicted molar refractivity (Wildman–Crippen MR) is 44.4 cm³/mol. The van der Waals surface area contributed by atoms with Crippen molar-refractivity contribution in [3.63, 3.8) is 0 Å². The van der Waals surface area contributed by atoms with Gasteiger partial charge in [0.15, 0.2) is 0 Å². The van der Waals surface area contributed by atoms with Gasteiger partial charge < -0.3 is 15.2 Å². The molecular weight excluding hydrogens is 196 g/mol. The molecule has 0 bridgehead atoms. The fourth-order valence-corrected chi connectivity index (χ4v) is 1.17. The van der Waals surface area contributed by atoms with E-state index in [0.717, 1.165) is 12.8 Å². The van der Waals surface area contributed by atoms with Crippen LogP contribution in [0.15, 0.2) is 0 Å². The summed E-state index contributed by atoms with van der Waals surface area (Å²) in [5, 5.41) is 10.7. The summed E-state index contributed by atoms with van der Waals surface area (Å²) < 4.78 is 30.1. The normalized spacial score (nSPS) is 19.4. The minimum absolute atomic E-state index is 0.336. The minimum Gasteiger partial charge on any atom is -0.477 e. The Balaban J connectivity index is 2.36. The van der Waals surface area contributed by atoms with Crippen molar-refractivity contribution in [1.29, 1.82) is 0 Å². The number of carboxylic acids is 1. The smallest absolute Gasteiger partial charge is 0.375 e. The lowest BCUT2D eigenvalue weighted by molar-refractivity contribution is -0.164. The van der Waals surface area contributed by atoms with Gasteiger partial charge in [-0.25, -0.2) is 4.79 Å². The molecule has 2 N–H and O–H groups in total. The fourth-order valence-electron chi connectivity index (χ4n) is 1.17. The monoisotopic (exact) mass is 209 g/mol. The number of carbonyl (C=O) groups is 1. The Labute approximate surface area is 80.2 Å². The minimum atomic E-state index is -3.71. The SMILES string of the molecule is COCC1(NCC(F)(F)C(=O)O)CC1. The van der Waals surface area contributed by atoms with Crippen LogP contribution in [0.1, 0.15) is 12.8 Å². The maximum Gasteiger partial charge on any atom is 0.375 e. The Hall–Kier alpha value is -0.750. The van der Waals surface area contributed by atoms with E-state index < -0.39 is 24.0 Å². The molecule has 1 aliphatic carbocycles. The van der Waals surface area contributed by atoms with Gasteiger partial charge >= 0.3 is 11.9 Å². The van der Waals surface area contributed by atoms with E-state index in [4.69, 9.17) is 9.84 Å². The highest BCUT2D eigenvalue weighted by Gasteiger charge is 2.47. The van der Waals surface area contributed by atoms with E-state index in [1.165, 1.54) is 7.11 Å². The van der Waals surface area contributed by atoms with Gasteiger partial charge in [0.2, 0.25) is 0 Å². The first-order chi connectivity index (χ1) is 6.42. The molecular formula is C8H13F2NO3. The lowest BCUT2D eigenvalue weighted by Crippen LogP contribution is -2.46. The highest BCUT2D eigenvalue weighted by Crippen LogP contribution is 2.35. The molecule has 1 fully saturated rings. The molecule has 14 heavy (non-hydrogen) atoms. The van der Waals surface area contributed by atoms with Crippen molar-refractivity contribution in [3.05, 3.63) is 0 Å². The Morgan fingerprint density at radius 2 is 2.21 bits per heavy atom. The lowest BCUT2D eigenvalue weighted by atomic mass is 10.2. The van der Waals surface area contributed by atoms with Crippen molar-refractivity contribution in [2.45, 2.75) is 24.3 Å². The van der Waals surface area contributed by atoms with E-state index in [2.05, 4.69) is 5.32 Å². The van der Waals surface area contributed by atoms with Crippen LogP contribution in [0.4, 0.5) is 8.78 Å². The third kappa shape index (κ3) is 2.62. The molecule has 4 nitrogen and oxygen atoms in total. The summed E-state index contributed by atoms with van der Waals surface area (Å²) >= 11 is 0. The Kier molecular flexibility index (Phi) is 3.06. The fraction of sp³-hybridized carbons (Fsp3) is 0.875. The van der Waals surface area contributed by atoms with Gasteiger partial charge in [-0.05, 0) is 12.8 Å².